The van der Waals surface area contributed by atoms with Gasteiger partial charge >= 0.3 is 0 Å². The molecule has 0 bridgehead atoms. The van der Waals surface area contributed by atoms with Gasteiger partial charge in [-0.25, -0.2) is 0 Å². The standard InChI is InChI=1S/C22H26N2O4/c1-15-8-9-20(28-3)18(12-15)24-14-17(13-21(24)25)22(26)23-11-10-16-6-4-5-7-19(16)27-2/h4-9,12,17H,10-11,13-14H2,1-3H3,(H,23,26). The summed E-state index contributed by atoms with van der Waals surface area (Å²) >= 11 is 0. The molecule has 0 spiro atoms. The van der Waals surface area contributed by atoms with Crippen molar-refractivity contribution in [3.8, 4) is 11.5 Å². The second kappa shape index (κ2) is 8.78. The van der Waals surface area contributed by atoms with Gasteiger partial charge in [-0.15, -0.1) is 0 Å². The molecule has 28 heavy (non-hydrogen) atoms. The molecule has 6 nitrogen and oxygen atoms in total. The summed E-state index contributed by atoms with van der Waals surface area (Å²) in [4.78, 5) is 26.8. The minimum atomic E-state index is -0.365. The second-order valence-electron chi connectivity index (χ2n) is 6.93. The normalized spacial score (nSPS) is 16.2. The predicted molar refractivity (Wildman–Crippen MR) is 108 cm³/mol. The molecule has 1 aliphatic rings. The Morgan fingerprint density at radius 2 is 1.89 bits per heavy atom. The van der Waals surface area contributed by atoms with Gasteiger partial charge in [-0.2, -0.15) is 0 Å². The number of nitrogens with one attached hydrogen (secondary N) is 1. The zero-order valence-electron chi connectivity index (χ0n) is 16.5. The Bertz CT molecular complexity index is 865. The maximum atomic E-state index is 12.6. The molecule has 1 unspecified atom stereocenters. The Kier molecular flexibility index (Phi) is 6.19. The number of methoxy groups -OCH3 is 2. The third-order valence-electron chi connectivity index (χ3n) is 5.01. The van der Waals surface area contributed by atoms with Crippen molar-refractivity contribution in [3.63, 3.8) is 0 Å². The quantitative estimate of drug-likeness (QED) is 0.800. The fraction of sp³-hybridized carbons (Fsp3) is 0.364. The van der Waals surface area contributed by atoms with Crippen LogP contribution in [0, 0.1) is 12.8 Å². The number of carbonyl (C=O) groups excluding carboxylic acids is 2. The predicted octanol–water partition coefficient (Wildman–Crippen LogP) is 2.72. The monoisotopic (exact) mass is 382 g/mol. The second-order valence-corrected chi connectivity index (χ2v) is 6.93. The van der Waals surface area contributed by atoms with Crippen LogP contribution in [0.2, 0.25) is 0 Å². The fourth-order valence-electron chi connectivity index (χ4n) is 3.50. The molecule has 1 N–H and O–H groups in total. The lowest BCUT2D eigenvalue weighted by atomic mass is 10.1. The van der Waals surface area contributed by atoms with E-state index in [0.29, 0.717) is 25.3 Å². The zero-order chi connectivity index (χ0) is 20.1. The minimum absolute atomic E-state index is 0.0613. The Labute approximate surface area is 165 Å². The minimum Gasteiger partial charge on any atom is -0.496 e. The van der Waals surface area contributed by atoms with Crippen LogP contribution >= 0.6 is 0 Å². The number of anilines is 1. The largest absolute Gasteiger partial charge is 0.496 e. The first-order chi connectivity index (χ1) is 13.5. The van der Waals surface area contributed by atoms with Gasteiger partial charge in [0.2, 0.25) is 11.8 Å². The molecule has 2 aromatic carbocycles. The topological polar surface area (TPSA) is 67.9 Å². The van der Waals surface area contributed by atoms with Gasteiger partial charge in [-0.05, 0) is 42.7 Å². The molecular weight excluding hydrogens is 356 g/mol. The van der Waals surface area contributed by atoms with E-state index in [1.54, 1.807) is 19.1 Å². The molecule has 148 valence electrons. The lowest BCUT2D eigenvalue weighted by Gasteiger charge is -2.20. The van der Waals surface area contributed by atoms with Gasteiger partial charge in [0.05, 0.1) is 25.8 Å². The van der Waals surface area contributed by atoms with Crippen LogP contribution in [0.4, 0.5) is 5.69 Å². The number of benzene rings is 2. The van der Waals surface area contributed by atoms with E-state index in [0.717, 1.165) is 22.6 Å². The highest BCUT2D eigenvalue weighted by Gasteiger charge is 2.36. The molecule has 2 amide bonds. The Hall–Kier alpha value is -3.02. The molecule has 0 radical (unpaired) electrons. The van der Waals surface area contributed by atoms with E-state index < -0.39 is 0 Å². The highest BCUT2D eigenvalue weighted by Crippen LogP contribution is 2.33. The summed E-state index contributed by atoms with van der Waals surface area (Å²) in [7, 11) is 3.21. The van der Waals surface area contributed by atoms with Gasteiger partial charge in [0.25, 0.3) is 0 Å². The first-order valence-electron chi connectivity index (χ1n) is 9.38. The van der Waals surface area contributed by atoms with E-state index in [1.807, 2.05) is 49.4 Å². The van der Waals surface area contributed by atoms with Gasteiger partial charge in [0, 0.05) is 19.5 Å². The number of ether oxygens (including phenoxy) is 2. The highest BCUT2D eigenvalue weighted by molar-refractivity contribution is 6.01. The molecule has 0 aliphatic carbocycles. The molecule has 3 rings (SSSR count). The molecule has 1 atom stereocenters. The average Bonchev–Trinajstić information content (AvgIpc) is 3.10. The number of hydrogen-bond acceptors (Lipinski definition) is 4. The van der Waals surface area contributed by atoms with E-state index in [4.69, 9.17) is 9.47 Å². The number of para-hydroxylation sites is 1. The lowest BCUT2D eigenvalue weighted by Crippen LogP contribution is -2.34. The molecule has 1 aliphatic heterocycles. The van der Waals surface area contributed by atoms with Crippen molar-refractivity contribution in [2.45, 2.75) is 19.8 Å². The van der Waals surface area contributed by atoms with Gasteiger partial charge in [-0.3, -0.25) is 9.59 Å². The van der Waals surface area contributed by atoms with Crippen molar-refractivity contribution in [1.29, 1.82) is 0 Å². The van der Waals surface area contributed by atoms with Crippen molar-refractivity contribution in [2.24, 2.45) is 5.92 Å². The number of hydrogen-bond donors (Lipinski definition) is 1. The smallest absolute Gasteiger partial charge is 0.227 e. The number of nitrogens with zero attached hydrogens (tertiary/aromatic N) is 1. The van der Waals surface area contributed by atoms with E-state index in [1.165, 1.54) is 0 Å². The van der Waals surface area contributed by atoms with Crippen LogP contribution < -0.4 is 19.7 Å². The summed E-state index contributed by atoms with van der Waals surface area (Å²) in [5.74, 6) is 0.920. The maximum Gasteiger partial charge on any atom is 0.227 e. The summed E-state index contributed by atoms with van der Waals surface area (Å²) in [6.45, 7) is 2.82. The van der Waals surface area contributed by atoms with Crippen LogP contribution in [0.1, 0.15) is 17.5 Å². The van der Waals surface area contributed by atoms with Crippen LogP contribution in [0.3, 0.4) is 0 Å². The number of carbonyl (C=O) groups is 2. The number of amides is 2. The first kappa shape index (κ1) is 19.7. The Balaban J connectivity index is 1.60. The molecule has 2 aromatic rings. The average molecular weight is 382 g/mol. The maximum absolute atomic E-state index is 12.6. The van der Waals surface area contributed by atoms with Crippen LogP contribution in [0.25, 0.3) is 0 Å². The SMILES string of the molecule is COc1ccccc1CCNC(=O)C1CC(=O)N(c2cc(C)ccc2OC)C1. The molecule has 0 aromatic heterocycles. The summed E-state index contributed by atoms with van der Waals surface area (Å²) in [6.07, 6.45) is 0.878. The van der Waals surface area contributed by atoms with Crippen molar-refractivity contribution in [3.05, 3.63) is 53.6 Å². The van der Waals surface area contributed by atoms with Crippen LogP contribution in [0.5, 0.6) is 11.5 Å². The van der Waals surface area contributed by atoms with E-state index in [2.05, 4.69) is 5.32 Å². The highest BCUT2D eigenvalue weighted by atomic mass is 16.5. The van der Waals surface area contributed by atoms with Gasteiger partial charge in [0.1, 0.15) is 11.5 Å². The summed E-state index contributed by atoms with van der Waals surface area (Å²) in [5, 5.41) is 2.95. The Morgan fingerprint density at radius 1 is 1.14 bits per heavy atom. The summed E-state index contributed by atoms with van der Waals surface area (Å²) < 4.78 is 10.7. The zero-order valence-corrected chi connectivity index (χ0v) is 16.5. The lowest BCUT2D eigenvalue weighted by molar-refractivity contribution is -0.126. The van der Waals surface area contributed by atoms with E-state index >= 15 is 0 Å². The van der Waals surface area contributed by atoms with E-state index in [-0.39, 0.29) is 24.2 Å². The van der Waals surface area contributed by atoms with Crippen LogP contribution in [-0.4, -0.2) is 39.1 Å². The molecule has 1 heterocycles. The molecule has 6 heteroatoms. The van der Waals surface area contributed by atoms with Crippen molar-refractivity contribution in [2.75, 3.05) is 32.2 Å². The van der Waals surface area contributed by atoms with Gasteiger partial charge < -0.3 is 19.7 Å². The molecule has 1 fully saturated rings. The summed E-state index contributed by atoms with van der Waals surface area (Å²) in [6, 6.07) is 13.4. The first-order valence-corrected chi connectivity index (χ1v) is 9.38. The van der Waals surface area contributed by atoms with Crippen molar-refractivity contribution in [1.82, 2.24) is 5.32 Å². The van der Waals surface area contributed by atoms with E-state index in [9.17, 15) is 9.59 Å². The van der Waals surface area contributed by atoms with Crippen LogP contribution in [-0.2, 0) is 16.0 Å². The van der Waals surface area contributed by atoms with Crippen LogP contribution in [0.15, 0.2) is 42.5 Å². The Morgan fingerprint density at radius 3 is 2.64 bits per heavy atom. The number of rotatable bonds is 7. The van der Waals surface area contributed by atoms with Gasteiger partial charge in [-0.1, -0.05) is 24.3 Å². The fourth-order valence-corrected chi connectivity index (χ4v) is 3.50. The molecular formula is C22H26N2O4. The third kappa shape index (κ3) is 4.27. The van der Waals surface area contributed by atoms with Gasteiger partial charge in [0.15, 0.2) is 0 Å². The van der Waals surface area contributed by atoms with Crippen molar-refractivity contribution < 1.29 is 19.1 Å². The molecule has 1 saturated heterocycles. The number of aryl methyl sites for hydroxylation is 1. The third-order valence-corrected chi connectivity index (χ3v) is 5.01. The van der Waals surface area contributed by atoms with Crippen molar-refractivity contribution >= 4 is 17.5 Å². The molecule has 0 saturated carbocycles. The summed E-state index contributed by atoms with van der Waals surface area (Å²) in [5.41, 5.74) is 2.80.